The predicted molar refractivity (Wildman–Crippen MR) is 134 cm³/mol. The average Bonchev–Trinajstić information content (AvgIpc) is 3.20. The molecule has 1 saturated heterocycles. The van der Waals surface area contributed by atoms with Crippen LogP contribution in [0.25, 0.3) is 10.2 Å². The van der Waals surface area contributed by atoms with Crippen molar-refractivity contribution in [3.8, 4) is 6.07 Å². The zero-order chi connectivity index (χ0) is 24.2. The highest BCUT2D eigenvalue weighted by molar-refractivity contribution is 7.21. The highest BCUT2D eigenvalue weighted by Crippen LogP contribution is 2.37. The number of nitrogens with two attached hydrogens (primary N) is 1. The number of hydrogen-bond donors (Lipinski definition) is 4. The maximum atomic E-state index is 11.6. The van der Waals surface area contributed by atoms with Gasteiger partial charge in [-0.1, -0.05) is 25.5 Å². The first kappa shape index (κ1) is 24.0. The van der Waals surface area contributed by atoms with Gasteiger partial charge in [0.1, 0.15) is 15.5 Å². The van der Waals surface area contributed by atoms with Gasteiger partial charge in [-0.2, -0.15) is 5.26 Å². The van der Waals surface area contributed by atoms with E-state index in [1.54, 1.807) is 18.2 Å². The van der Waals surface area contributed by atoms with Gasteiger partial charge >= 0.3 is 5.97 Å². The number of aromatic nitrogens is 1. The van der Waals surface area contributed by atoms with Crippen LogP contribution in [0.2, 0.25) is 0 Å². The number of carboxylic acids is 1. The van der Waals surface area contributed by atoms with Crippen molar-refractivity contribution in [2.24, 2.45) is 0 Å². The Hall–Kier alpha value is -3.19. The lowest BCUT2D eigenvalue weighted by molar-refractivity contribution is 0.0703. The van der Waals surface area contributed by atoms with E-state index < -0.39 is 12.1 Å². The number of piperidine rings is 1. The number of nitrogen functional groups attached to an aromatic ring is 1. The summed E-state index contributed by atoms with van der Waals surface area (Å²) >= 11 is 1.14. The van der Waals surface area contributed by atoms with Gasteiger partial charge in [-0.25, -0.2) is 9.78 Å². The van der Waals surface area contributed by atoms with Crippen molar-refractivity contribution in [1.82, 2.24) is 10.3 Å². The van der Waals surface area contributed by atoms with Gasteiger partial charge in [0.05, 0.1) is 23.4 Å². The van der Waals surface area contributed by atoms with Crippen LogP contribution in [0.1, 0.15) is 58.7 Å². The van der Waals surface area contributed by atoms with Gasteiger partial charge in [0, 0.05) is 31.1 Å². The number of aliphatic hydroxyl groups is 1. The van der Waals surface area contributed by atoms with Gasteiger partial charge in [0.2, 0.25) is 0 Å². The van der Waals surface area contributed by atoms with Crippen LogP contribution in [-0.4, -0.2) is 46.8 Å². The molecular formula is C25H29N5O3S. The van der Waals surface area contributed by atoms with Gasteiger partial charge < -0.3 is 26.2 Å². The molecule has 1 fully saturated rings. The molecular weight excluding hydrogens is 450 g/mol. The topological polar surface area (TPSA) is 136 Å². The molecule has 1 aliphatic rings. The minimum absolute atomic E-state index is 0.152. The van der Waals surface area contributed by atoms with Gasteiger partial charge in [-0.3, -0.25) is 0 Å². The first-order valence-electron chi connectivity index (χ1n) is 11.5. The maximum Gasteiger partial charge on any atom is 0.348 e. The number of pyridine rings is 1. The number of aliphatic hydroxyl groups excluding tert-OH is 1. The van der Waals surface area contributed by atoms with Crippen LogP contribution in [0, 0.1) is 11.3 Å². The number of thiophene rings is 1. The SMILES string of the molecule is CCCc1cc(N2CCC(NCC(O)c3cccc(C#N)c3)CC2)nc2sc(C(=O)O)c(N)c12. The monoisotopic (exact) mass is 479 g/mol. The predicted octanol–water partition coefficient (Wildman–Crippen LogP) is 3.69. The van der Waals surface area contributed by atoms with E-state index in [-0.39, 0.29) is 10.9 Å². The summed E-state index contributed by atoms with van der Waals surface area (Å²) < 4.78 is 0. The highest BCUT2D eigenvalue weighted by atomic mass is 32.1. The zero-order valence-electron chi connectivity index (χ0n) is 19.1. The smallest absolute Gasteiger partial charge is 0.348 e. The van der Waals surface area contributed by atoms with Crippen molar-refractivity contribution in [3.05, 3.63) is 51.9 Å². The molecule has 9 heteroatoms. The van der Waals surface area contributed by atoms with Crippen LogP contribution >= 0.6 is 11.3 Å². The molecule has 34 heavy (non-hydrogen) atoms. The molecule has 0 radical (unpaired) electrons. The number of carbonyl (C=O) groups is 1. The third-order valence-electron chi connectivity index (χ3n) is 6.30. The molecule has 0 saturated carbocycles. The van der Waals surface area contributed by atoms with E-state index in [4.69, 9.17) is 16.0 Å². The number of fused-ring (bicyclic) bond motifs is 1. The summed E-state index contributed by atoms with van der Waals surface area (Å²) in [5.41, 5.74) is 8.81. The number of aryl methyl sites for hydroxylation is 1. The fourth-order valence-corrected chi connectivity index (χ4v) is 5.47. The molecule has 0 aliphatic carbocycles. The van der Waals surface area contributed by atoms with Crippen molar-refractivity contribution in [2.75, 3.05) is 30.3 Å². The Kier molecular flexibility index (Phi) is 7.32. The fraction of sp³-hybridized carbons (Fsp3) is 0.400. The maximum absolute atomic E-state index is 11.6. The molecule has 3 aromatic rings. The summed E-state index contributed by atoms with van der Waals surface area (Å²) in [4.78, 5) is 19.4. The van der Waals surface area contributed by atoms with Gasteiger partial charge in [0.15, 0.2) is 0 Å². The Balaban J connectivity index is 1.42. The number of hydrogen-bond acceptors (Lipinski definition) is 8. The molecule has 1 atom stereocenters. The Labute approximate surface area is 202 Å². The molecule has 5 N–H and O–H groups in total. The Morgan fingerprint density at radius 3 is 2.82 bits per heavy atom. The molecule has 0 amide bonds. The van der Waals surface area contributed by atoms with E-state index in [1.165, 1.54) is 0 Å². The lowest BCUT2D eigenvalue weighted by Crippen LogP contribution is -2.44. The number of rotatable bonds is 8. The van der Waals surface area contributed by atoms with Crippen LogP contribution in [0.3, 0.4) is 0 Å². The lowest BCUT2D eigenvalue weighted by Gasteiger charge is -2.34. The van der Waals surface area contributed by atoms with E-state index >= 15 is 0 Å². The van der Waals surface area contributed by atoms with Crippen LogP contribution in [-0.2, 0) is 6.42 Å². The fourth-order valence-electron chi connectivity index (χ4n) is 4.50. The third kappa shape index (κ3) is 4.99. The summed E-state index contributed by atoms with van der Waals surface area (Å²) in [5, 5.41) is 33.3. The Morgan fingerprint density at radius 2 is 2.15 bits per heavy atom. The van der Waals surface area contributed by atoms with E-state index in [2.05, 4.69) is 29.3 Å². The molecule has 1 unspecified atom stereocenters. The van der Waals surface area contributed by atoms with Crippen molar-refractivity contribution in [2.45, 2.75) is 44.8 Å². The van der Waals surface area contributed by atoms with Gasteiger partial charge in [0.25, 0.3) is 0 Å². The lowest BCUT2D eigenvalue weighted by atomic mass is 10.0. The summed E-state index contributed by atoms with van der Waals surface area (Å²) in [6.45, 7) is 4.15. The second-order valence-corrected chi connectivity index (χ2v) is 9.64. The second kappa shape index (κ2) is 10.4. The van der Waals surface area contributed by atoms with Crippen LogP contribution in [0.4, 0.5) is 11.5 Å². The molecule has 178 valence electrons. The molecule has 3 heterocycles. The highest BCUT2D eigenvalue weighted by Gasteiger charge is 2.24. The largest absolute Gasteiger partial charge is 0.477 e. The van der Waals surface area contributed by atoms with Crippen molar-refractivity contribution < 1.29 is 15.0 Å². The minimum Gasteiger partial charge on any atom is -0.477 e. The number of carboxylic acid groups (broad SMARTS) is 1. The second-order valence-electron chi connectivity index (χ2n) is 8.64. The molecule has 1 aliphatic heterocycles. The molecule has 0 spiro atoms. The summed E-state index contributed by atoms with van der Waals surface area (Å²) in [7, 11) is 0. The summed E-state index contributed by atoms with van der Waals surface area (Å²) in [5.74, 6) is -0.154. The quantitative estimate of drug-likeness (QED) is 0.384. The number of benzene rings is 1. The normalized spacial score (nSPS) is 15.4. The van der Waals surface area contributed by atoms with Crippen molar-refractivity contribution in [1.29, 1.82) is 5.26 Å². The van der Waals surface area contributed by atoms with Crippen molar-refractivity contribution in [3.63, 3.8) is 0 Å². The number of nitrogens with zero attached hydrogens (tertiary/aromatic N) is 3. The van der Waals surface area contributed by atoms with Crippen LogP contribution in [0.15, 0.2) is 30.3 Å². The number of nitrogens with one attached hydrogen (secondary N) is 1. The molecule has 0 bridgehead atoms. The first-order valence-corrected chi connectivity index (χ1v) is 12.3. The minimum atomic E-state index is -1.02. The van der Waals surface area contributed by atoms with Crippen LogP contribution in [0.5, 0.6) is 0 Å². The van der Waals surface area contributed by atoms with E-state index in [1.807, 2.05) is 6.07 Å². The Morgan fingerprint density at radius 1 is 1.38 bits per heavy atom. The van der Waals surface area contributed by atoms with Crippen LogP contribution < -0.4 is 16.0 Å². The number of aromatic carboxylic acids is 1. The van der Waals surface area contributed by atoms with Gasteiger partial charge in [-0.05, 0) is 48.6 Å². The third-order valence-corrected chi connectivity index (χ3v) is 7.39. The average molecular weight is 480 g/mol. The van der Waals surface area contributed by atoms with E-state index in [0.29, 0.717) is 22.6 Å². The summed E-state index contributed by atoms with van der Waals surface area (Å²) in [6.07, 6.45) is 2.89. The zero-order valence-corrected chi connectivity index (χ0v) is 19.9. The molecule has 4 rings (SSSR count). The molecule has 2 aromatic heterocycles. The number of anilines is 2. The first-order chi connectivity index (χ1) is 16.4. The van der Waals surface area contributed by atoms with Gasteiger partial charge in [-0.15, -0.1) is 11.3 Å². The van der Waals surface area contributed by atoms with Crippen molar-refractivity contribution >= 4 is 39.0 Å². The number of nitriles is 1. The summed E-state index contributed by atoms with van der Waals surface area (Å²) in [6, 6.07) is 11.5. The standard InChI is InChI=1S/C25H29N5O3S/c1-2-4-17-12-20(29-24-21(17)22(27)23(34-24)25(32)33)30-9-7-18(8-10-30)28-14-19(31)16-6-3-5-15(11-16)13-26/h3,5-6,11-12,18-19,28,31H,2,4,7-10,14,27H2,1H3,(H,32,33). The van der Waals surface area contributed by atoms with E-state index in [9.17, 15) is 15.0 Å². The van der Waals surface area contributed by atoms with E-state index in [0.717, 1.165) is 72.4 Å². The molecule has 8 nitrogen and oxygen atoms in total. The Bertz CT molecular complexity index is 1230. The molecule has 1 aromatic carbocycles.